The van der Waals surface area contributed by atoms with Crippen LogP contribution in [0.3, 0.4) is 0 Å². The minimum absolute atomic E-state index is 0. The van der Waals surface area contributed by atoms with Crippen LogP contribution in [0.2, 0.25) is 0 Å². The lowest BCUT2D eigenvalue weighted by atomic mass is 9.90. The van der Waals surface area contributed by atoms with Gasteiger partial charge in [-0.2, -0.15) is 0 Å². The van der Waals surface area contributed by atoms with Crippen molar-refractivity contribution in [1.82, 2.24) is 0 Å². The maximum absolute atomic E-state index is 12.3. The van der Waals surface area contributed by atoms with Gasteiger partial charge in [-0.3, -0.25) is 4.79 Å². The van der Waals surface area contributed by atoms with Gasteiger partial charge in [-0.15, -0.1) is 12.4 Å². The Kier molecular flexibility index (Phi) is 6.93. The van der Waals surface area contributed by atoms with E-state index >= 15 is 0 Å². The molecule has 124 valence electrons. The van der Waals surface area contributed by atoms with Crippen LogP contribution in [-0.4, -0.2) is 38.4 Å². The number of halogens is 1. The fourth-order valence-corrected chi connectivity index (χ4v) is 2.24. The number of benzene rings is 1. The third-order valence-electron chi connectivity index (χ3n) is 3.56. The number of ether oxygens (including phenoxy) is 3. The average Bonchev–Trinajstić information content (AvgIpc) is 2.49. The van der Waals surface area contributed by atoms with Crippen LogP contribution >= 0.6 is 12.4 Å². The number of rotatable bonds is 5. The smallest absolute Gasteiger partial charge is 0.244 e. The van der Waals surface area contributed by atoms with Crippen molar-refractivity contribution in [3.63, 3.8) is 0 Å². The van der Waals surface area contributed by atoms with Gasteiger partial charge < -0.3 is 25.3 Å². The first kappa shape index (κ1) is 18.5. The summed E-state index contributed by atoms with van der Waals surface area (Å²) < 4.78 is 16.0. The van der Waals surface area contributed by atoms with E-state index < -0.39 is 5.54 Å². The standard InChI is InChI=1S/C15H22N2O4.ClH/c1-3-21-12-5-4-11(10-13(12)19-2)17-14(18)15(16)6-8-20-9-7-15;/h4-5,10H,3,6-9,16H2,1-2H3,(H,17,18);1H. The Morgan fingerprint density at radius 2 is 2.05 bits per heavy atom. The van der Waals surface area contributed by atoms with Crippen LogP contribution in [0, 0.1) is 0 Å². The van der Waals surface area contributed by atoms with Crippen molar-refractivity contribution < 1.29 is 19.0 Å². The van der Waals surface area contributed by atoms with E-state index in [4.69, 9.17) is 19.9 Å². The van der Waals surface area contributed by atoms with E-state index in [-0.39, 0.29) is 18.3 Å². The summed E-state index contributed by atoms with van der Waals surface area (Å²) in [7, 11) is 1.56. The molecule has 0 saturated carbocycles. The van der Waals surface area contributed by atoms with Gasteiger partial charge in [0.25, 0.3) is 0 Å². The second-order valence-corrected chi connectivity index (χ2v) is 5.02. The van der Waals surface area contributed by atoms with E-state index in [2.05, 4.69) is 5.32 Å². The number of nitrogens with one attached hydrogen (secondary N) is 1. The van der Waals surface area contributed by atoms with Gasteiger partial charge in [-0.1, -0.05) is 0 Å². The van der Waals surface area contributed by atoms with E-state index in [1.54, 1.807) is 25.3 Å². The molecule has 1 aliphatic heterocycles. The summed E-state index contributed by atoms with van der Waals surface area (Å²) in [6.45, 7) is 3.47. The number of hydrogen-bond donors (Lipinski definition) is 2. The molecule has 3 N–H and O–H groups in total. The number of amides is 1. The Hall–Kier alpha value is -1.50. The normalized spacial score (nSPS) is 16.3. The van der Waals surface area contributed by atoms with Crippen LogP contribution < -0.4 is 20.5 Å². The van der Waals surface area contributed by atoms with E-state index in [1.807, 2.05) is 6.92 Å². The first-order chi connectivity index (χ1) is 10.1. The molecule has 0 aliphatic carbocycles. The maximum atomic E-state index is 12.3. The number of carbonyl (C=O) groups excluding carboxylic acids is 1. The van der Waals surface area contributed by atoms with Crippen LogP contribution in [-0.2, 0) is 9.53 Å². The Bertz CT molecular complexity index is 504. The summed E-state index contributed by atoms with van der Waals surface area (Å²) in [6, 6.07) is 5.27. The zero-order valence-corrected chi connectivity index (χ0v) is 13.7. The second kappa shape index (κ2) is 8.22. The van der Waals surface area contributed by atoms with Gasteiger partial charge in [-0.05, 0) is 31.9 Å². The van der Waals surface area contributed by atoms with Gasteiger partial charge in [-0.25, -0.2) is 0 Å². The Morgan fingerprint density at radius 3 is 2.64 bits per heavy atom. The molecule has 2 rings (SSSR count). The molecule has 1 amide bonds. The second-order valence-electron chi connectivity index (χ2n) is 5.02. The number of anilines is 1. The number of methoxy groups -OCH3 is 1. The quantitative estimate of drug-likeness (QED) is 0.862. The zero-order chi connectivity index (χ0) is 15.3. The summed E-state index contributed by atoms with van der Waals surface area (Å²) in [5.74, 6) is 1.02. The van der Waals surface area contributed by atoms with Crippen molar-refractivity contribution >= 4 is 24.0 Å². The minimum atomic E-state index is -0.871. The molecule has 0 radical (unpaired) electrons. The highest BCUT2D eigenvalue weighted by Gasteiger charge is 2.35. The Labute approximate surface area is 136 Å². The van der Waals surface area contributed by atoms with E-state index in [0.29, 0.717) is 49.8 Å². The highest BCUT2D eigenvalue weighted by atomic mass is 35.5. The third-order valence-corrected chi connectivity index (χ3v) is 3.56. The Balaban J connectivity index is 0.00000242. The highest BCUT2D eigenvalue weighted by Crippen LogP contribution is 2.30. The van der Waals surface area contributed by atoms with E-state index in [0.717, 1.165) is 0 Å². The van der Waals surface area contributed by atoms with Crippen molar-refractivity contribution in [2.45, 2.75) is 25.3 Å². The molecular formula is C15H23ClN2O4. The van der Waals surface area contributed by atoms with Crippen LogP contribution in [0.4, 0.5) is 5.69 Å². The van der Waals surface area contributed by atoms with Gasteiger partial charge in [0.1, 0.15) is 5.54 Å². The summed E-state index contributed by atoms with van der Waals surface area (Å²) >= 11 is 0. The molecule has 1 aromatic rings. The van der Waals surface area contributed by atoms with Crippen LogP contribution in [0.1, 0.15) is 19.8 Å². The molecule has 1 aliphatic rings. The molecule has 7 heteroatoms. The lowest BCUT2D eigenvalue weighted by Gasteiger charge is -2.31. The first-order valence-corrected chi connectivity index (χ1v) is 7.08. The van der Waals surface area contributed by atoms with Gasteiger partial charge in [0.05, 0.1) is 13.7 Å². The molecule has 1 aromatic carbocycles. The fraction of sp³-hybridized carbons (Fsp3) is 0.533. The van der Waals surface area contributed by atoms with Crippen LogP contribution in [0.15, 0.2) is 18.2 Å². The molecule has 0 spiro atoms. The van der Waals surface area contributed by atoms with E-state index in [1.165, 1.54) is 0 Å². The third kappa shape index (κ3) is 4.25. The van der Waals surface area contributed by atoms with Crippen molar-refractivity contribution in [2.75, 3.05) is 32.2 Å². The molecule has 22 heavy (non-hydrogen) atoms. The van der Waals surface area contributed by atoms with Crippen LogP contribution in [0.5, 0.6) is 11.5 Å². The number of hydrogen-bond acceptors (Lipinski definition) is 5. The Morgan fingerprint density at radius 1 is 1.36 bits per heavy atom. The molecular weight excluding hydrogens is 308 g/mol. The average molecular weight is 331 g/mol. The van der Waals surface area contributed by atoms with Crippen molar-refractivity contribution in [1.29, 1.82) is 0 Å². The van der Waals surface area contributed by atoms with Gasteiger partial charge in [0, 0.05) is 25.0 Å². The van der Waals surface area contributed by atoms with Gasteiger partial charge in [0.15, 0.2) is 11.5 Å². The highest BCUT2D eigenvalue weighted by molar-refractivity contribution is 5.98. The van der Waals surface area contributed by atoms with Crippen LogP contribution in [0.25, 0.3) is 0 Å². The summed E-state index contributed by atoms with van der Waals surface area (Å²) in [6.07, 6.45) is 1.04. The molecule has 6 nitrogen and oxygen atoms in total. The first-order valence-electron chi connectivity index (χ1n) is 7.08. The lowest BCUT2D eigenvalue weighted by Crippen LogP contribution is -2.54. The summed E-state index contributed by atoms with van der Waals surface area (Å²) in [4.78, 5) is 12.3. The van der Waals surface area contributed by atoms with Crippen molar-refractivity contribution in [2.24, 2.45) is 5.73 Å². The predicted molar refractivity (Wildman–Crippen MR) is 87.0 cm³/mol. The van der Waals surface area contributed by atoms with Crippen molar-refractivity contribution in [3.8, 4) is 11.5 Å². The SMILES string of the molecule is CCOc1ccc(NC(=O)C2(N)CCOCC2)cc1OC.Cl. The maximum Gasteiger partial charge on any atom is 0.244 e. The number of carbonyl (C=O) groups is 1. The zero-order valence-electron chi connectivity index (χ0n) is 12.9. The van der Waals surface area contributed by atoms with Gasteiger partial charge >= 0.3 is 0 Å². The molecule has 0 aromatic heterocycles. The predicted octanol–water partition coefficient (Wildman–Crippen LogP) is 1.96. The largest absolute Gasteiger partial charge is 0.493 e. The summed E-state index contributed by atoms with van der Waals surface area (Å²) in [5, 5.41) is 2.84. The molecule has 0 unspecified atom stereocenters. The van der Waals surface area contributed by atoms with Gasteiger partial charge in [0.2, 0.25) is 5.91 Å². The monoisotopic (exact) mass is 330 g/mol. The fourth-order valence-electron chi connectivity index (χ4n) is 2.24. The molecule has 1 fully saturated rings. The molecule has 0 atom stereocenters. The topological polar surface area (TPSA) is 82.8 Å². The minimum Gasteiger partial charge on any atom is -0.493 e. The molecule has 0 bridgehead atoms. The summed E-state index contributed by atoms with van der Waals surface area (Å²) in [5.41, 5.74) is 5.92. The molecule has 1 heterocycles. The van der Waals surface area contributed by atoms with E-state index in [9.17, 15) is 4.79 Å². The lowest BCUT2D eigenvalue weighted by molar-refractivity contribution is -0.124. The van der Waals surface area contributed by atoms with Crippen molar-refractivity contribution in [3.05, 3.63) is 18.2 Å². The number of nitrogens with two attached hydrogens (primary N) is 1. The molecule has 1 saturated heterocycles.